The minimum atomic E-state index is -0.327. The van der Waals surface area contributed by atoms with E-state index in [-0.39, 0.29) is 36.2 Å². The van der Waals surface area contributed by atoms with E-state index in [1.165, 1.54) is 5.57 Å². The molecule has 1 unspecified atom stereocenters. The lowest BCUT2D eigenvalue weighted by molar-refractivity contribution is -0.139. The predicted molar refractivity (Wildman–Crippen MR) is 85.4 cm³/mol. The first-order chi connectivity index (χ1) is 9.59. The molecule has 0 aromatic rings. The van der Waals surface area contributed by atoms with Gasteiger partial charge in [-0.3, -0.25) is 9.59 Å². The Morgan fingerprint density at radius 1 is 1.43 bits per heavy atom. The quantitative estimate of drug-likeness (QED) is 0.747. The summed E-state index contributed by atoms with van der Waals surface area (Å²) in [5.74, 6) is 0.230. The molecular formula is C15H26ClN3O2. The summed E-state index contributed by atoms with van der Waals surface area (Å²) in [6, 6.07) is -0.327. The number of nitrogens with zero attached hydrogens (tertiary/aromatic N) is 1. The van der Waals surface area contributed by atoms with Gasteiger partial charge in [0.1, 0.15) is 6.04 Å². The van der Waals surface area contributed by atoms with E-state index >= 15 is 0 Å². The van der Waals surface area contributed by atoms with Crippen molar-refractivity contribution in [2.75, 3.05) is 26.2 Å². The Balaban J connectivity index is 0.00000220. The Morgan fingerprint density at radius 3 is 2.71 bits per heavy atom. The maximum Gasteiger partial charge on any atom is 0.243 e. The fourth-order valence-corrected chi connectivity index (χ4v) is 2.90. The molecule has 1 fully saturated rings. The van der Waals surface area contributed by atoms with Crippen LogP contribution in [-0.4, -0.2) is 48.9 Å². The number of carbonyl (C=O) groups excluding carboxylic acids is 2. The van der Waals surface area contributed by atoms with E-state index in [1.54, 1.807) is 4.90 Å². The maximum absolute atomic E-state index is 12.4. The zero-order valence-corrected chi connectivity index (χ0v) is 13.7. The highest BCUT2D eigenvalue weighted by atomic mass is 35.5. The molecule has 2 rings (SSSR count). The second-order valence-corrected chi connectivity index (χ2v) is 5.91. The number of nitrogens with one attached hydrogen (secondary N) is 2. The highest BCUT2D eigenvalue weighted by Gasteiger charge is 2.34. The van der Waals surface area contributed by atoms with Crippen molar-refractivity contribution < 1.29 is 9.59 Å². The summed E-state index contributed by atoms with van der Waals surface area (Å²) in [6.07, 6.45) is 4.56. The second-order valence-electron chi connectivity index (χ2n) is 5.91. The van der Waals surface area contributed by atoms with Crippen molar-refractivity contribution in [1.82, 2.24) is 15.5 Å². The average molecular weight is 316 g/mol. The highest BCUT2D eigenvalue weighted by molar-refractivity contribution is 5.88. The molecule has 0 saturated carbocycles. The van der Waals surface area contributed by atoms with E-state index < -0.39 is 0 Å². The summed E-state index contributed by atoms with van der Waals surface area (Å²) in [6.45, 7) is 7.16. The van der Waals surface area contributed by atoms with Crippen molar-refractivity contribution in [3.8, 4) is 0 Å². The maximum atomic E-state index is 12.4. The van der Waals surface area contributed by atoms with E-state index in [0.717, 1.165) is 25.9 Å². The monoisotopic (exact) mass is 315 g/mol. The van der Waals surface area contributed by atoms with Gasteiger partial charge in [0.15, 0.2) is 0 Å². The van der Waals surface area contributed by atoms with Crippen molar-refractivity contribution in [2.45, 2.75) is 39.2 Å². The molecule has 0 aromatic heterocycles. The zero-order valence-electron chi connectivity index (χ0n) is 12.9. The van der Waals surface area contributed by atoms with Crippen LogP contribution in [0, 0.1) is 5.92 Å². The van der Waals surface area contributed by atoms with Gasteiger partial charge >= 0.3 is 0 Å². The van der Waals surface area contributed by atoms with Crippen molar-refractivity contribution >= 4 is 24.2 Å². The van der Waals surface area contributed by atoms with Crippen LogP contribution >= 0.6 is 12.4 Å². The van der Waals surface area contributed by atoms with Crippen LogP contribution < -0.4 is 10.6 Å². The van der Waals surface area contributed by atoms with Gasteiger partial charge in [-0.15, -0.1) is 12.4 Å². The Hall–Kier alpha value is -1.07. The van der Waals surface area contributed by atoms with Crippen LogP contribution in [0.15, 0.2) is 11.6 Å². The molecule has 1 saturated heterocycles. The lowest BCUT2D eigenvalue weighted by Crippen LogP contribution is -2.50. The van der Waals surface area contributed by atoms with Crippen molar-refractivity contribution in [3.63, 3.8) is 0 Å². The van der Waals surface area contributed by atoms with Gasteiger partial charge in [0.05, 0.1) is 0 Å². The minimum absolute atomic E-state index is 0. The van der Waals surface area contributed by atoms with Gasteiger partial charge in [0, 0.05) is 26.1 Å². The van der Waals surface area contributed by atoms with Crippen molar-refractivity contribution in [1.29, 1.82) is 0 Å². The molecule has 6 heteroatoms. The molecule has 0 bridgehead atoms. The molecule has 5 nitrogen and oxygen atoms in total. The number of amides is 2. The molecular weight excluding hydrogens is 290 g/mol. The molecule has 21 heavy (non-hydrogen) atoms. The number of hydrogen-bond acceptors (Lipinski definition) is 3. The van der Waals surface area contributed by atoms with Gasteiger partial charge in [-0.05, 0) is 25.3 Å². The SMILES string of the molecule is CC(C)C(C(=O)NCC1=CCNCC1)N1CCCC1=O.Cl. The number of likely N-dealkylation sites (tertiary alicyclic amines) is 1. The summed E-state index contributed by atoms with van der Waals surface area (Å²) in [5, 5.41) is 6.25. The van der Waals surface area contributed by atoms with Gasteiger partial charge in [0.25, 0.3) is 0 Å². The molecule has 2 N–H and O–H groups in total. The highest BCUT2D eigenvalue weighted by Crippen LogP contribution is 2.19. The lowest BCUT2D eigenvalue weighted by atomic mass is 10.0. The van der Waals surface area contributed by atoms with Crippen LogP contribution in [0.2, 0.25) is 0 Å². The first kappa shape index (κ1) is 18.0. The molecule has 1 atom stereocenters. The summed E-state index contributed by atoms with van der Waals surface area (Å²) >= 11 is 0. The van der Waals surface area contributed by atoms with Gasteiger partial charge in [-0.2, -0.15) is 0 Å². The third-order valence-corrected chi connectivity index (χ3v) is 3.99. The van der Waals surface area contributed by atoms with Crippen LogP contribution in [0.4, 0.5) is 0 Å². The fraction of sp³-hybridized carbons (Fsp3) is 0.733. The summed E-state index contributed by atoms with van der Waals surface area (Å²) in [4.78, 5) is 26.0. The number of carbonyl (C=O) groups is 2. The van der Waals surface area contributed by atoms with Crippen LogP contribution in [0.3, 0.4) is 0 Å². The molecule has 0 spiro atoms. The molecule has 0 aliphatic carbocycles. The van der Waals surface area contributed by atoms with Crippen molar-refractivity contribution in [3.05, 3.63) is 11.6 Å². The summed E-state index contributed by atoms with van der Waals surface area (Å²) < 4.78 is 0. The molecule has 0 aromatic carbocycles. The van der Waals surface area contributed by atoms with Crippen LogP contribution in [0.1, 0.15) is 33.1 Å². The number of halogens is 1. The van der Waals surface area contributed by atoms with Gasteiger partial charge in [-0.25, -0.2) is 0 Å². The van der Waals surface area contributed by atoms with E-state index in [2.05, 4.69) is 16.7 Å². The Kier molecular flexibility index (Phi) is 7.18. The lowest BCUT2D eigenvalue weighted by Gasteiger charge is -2.30. The first-order valence-electron chi connectivity index (χ1n) is 7.55. The van der Waals surface area contributed by atoms with Crippen molar-refractivity contribution in [2.24, 2.45) is 5.92 Å². The van der Waals surface area contributed by atoms with Crippen LogP contribution in [-0.2, 0) is 9.59 Å². The Bertz CT molecular complexity index is 410. The van der Waals surface area contributed by atoms with E-state index in [9.17, 15) is 9.59 Å². The van der Waals surface area contributed by atoms with E-state index in [1.807, 2.05) is 13.8 Å². The largest absolute Gasteiger partial charge is 0.351 e. The predicted octanol–water partition coefficient (Wildman–Crippen LogP) is 1.09. The first-order valence-corrected chi connectivity index (χ1v) is 7.55. The average Bonchev–Trinajstić information content (AvgIpc) is 2.84. The molecule has 2 aliphatic heterocycles. The number of rotatable bonds is 5. The Morgan fingerprint density at radius 2 is 2.19 bits per heavy atom. The molecule has 0 radical (unpaired) electrons. The van der Waals surface area contributed by atoms with Gasteiger partial charge in [0.2, 0.25) is 11.8 Å². The van der Waals surface area contributed by atoms with Crippen LogP contribution in [0.5, 0.6) is 0 Å². The molecule has 2 amide bonds. The van der Waals surface area contributed by atoms with E-state index in [0.29, 0.717) is 19.5 Å². The second kappa shape index (κ2) is 8.39. The summed E-state index contributed by atoms with van der Waals surface area (Å²) in [5.41, 5.74) is 1.27. The fourth-order valence-electron chi connectivity index (χ4n) is 2.90. The van der Waals surface area contributed by atoms with Gasteiger partial charge < -0.3 is 15.5 Å². The summed E-state index contributed by atoms with van der Waals surface area (Å²) in [7, 11) is 0. The number of hydrogen-bond donors (Lipinski definition) is 2. The minimum Gasteiger partial charge on any atom is -0.351 e. The topological polar surface area (TPSA) is 61.4 Å². The van der Waals surface area contributed by atoms with Gasteiger partial charge in [-0.1, -0.05) is 25.5 Å². The third kappa shape index (κ3) is 4.71. The normalized spacial score (nSPS) is 20.0. The molecule has 2 aliphatic rings. The molecule has 2 heterocycles. The zero-order chi connectivity index (χ0) is 14.5. The van der Waals surface area contributed by atoms with Crippen LogP contribution in [0.25, 0.3) is 0 Å². The standard InChI is InChI=1S/C15H25N3O2.ClH/c1-11(2)14(18-9-3-4-13(18)19)15(20)17-10-12-5-7-16-8-6-12;/h5,11,14,16H,3-4,6-10H2,1-2H3,(H,17,20);1H. The smallest absolute Gasteiger partial charge is 0.243 e. The molecule has 120 valence electrons. The third-order valence-electron chi connectivity index (χ3n) is 3.99. The van der Waals surface area contributed by atoms with E-state index in [4.69, 9.17) is 0 Å². The Labute approximate surface area is 132 Å².